The molecule has 2 heteroatoms. The van der Waals surface area contributed by atoms with E-state index in [9.17, 15) is 0 Å². The molecule has 1 aliphatic rings. The number of hydrogen-bond donors (Lipinski definition) is 0. The molecule has 1 aromatic carbocycles. The van der Waals surface area contributed by atoms with E-state index in [-0.39, 0.29) is 0 Å². The molecule has 160 valence electrons. The maximum Gasteiger partial charge on any atom is 0.119 e. The molecule has 0 saturated carbocycles. The van der Waals surface area contributed by atoms with E-state index in [1.165, 1.54) is 45.7 Å². The Morgan fingerprint density at radius 3 is 2.60 bits per heavy atom. The van der Waals surface area contributed by atoms with Crippen LogP contribution in [0.4, 0.5) is 0 Å². The van der Waals surface area contributed by atoms with Crippen molar-refractivity contribution in [2.75, 3.05) is 6.61 Å². The van der Waals surface area contributed by atoms with E-state index in [0.717, 1.165) is 25.2 Å². The molecule has 3 rings (SSSR count). The fourth-order valence-electron chi connectivity index (χ4n) is 4.13. The second-order valence-corrected chi connectivity index (χ2v) is 10.2. The van der Waals surface area contributed by atoms with Gasteiger partial charge in [-0.15, -0.1) is 11.3 Å². The summed E-state index contributed by atoms with van der Waals surface area (Å²) in [4.78, 5) is 2.59. The van der Waals surface area contributed by atoms with Crippen LogP contribution in [0.2, 0.25) is 0 Å². The first-order valence-electron chi connectivity index (χ1n) is 11.3. The molecule has 0 bridgehead atoms. The number of thiophene rings is 1. The maximum atomic E-state index is 5.78. The third-order valence-corrected chi connectivity index (χ3v) is 7.04. The zero-order valence-electron chi connectivity index (χ0n) is 19.3. The minimum Gasteiger partial charge on any atom is -0.494 e. The van der Waals surface area contributed by atoms with Crippen LogP contribution in [0.5, 0.6) is 5.75 Å². The van der Waals surface area contributed by atoms with Gasteiger partial charge in [0.2, 0.25) is 0 Å². The lowest BCUT2D eigenvalue weighted by molar-refractivity contribution is 0.309. The Hall–Kier alpha value is -2.06. The van der Waals surface area contributed by atoms with E-state index in [0.29, 0.717) is 5.41 Å². The van der Waals surface area contributed by atoms with E-state index in [2.05, 4.69) is 89.2 Å². The molecular weight excluding hydrogens is 384 g/mol. The van der Waals surface area contributed by atoms with Gasteiger partial charge in [0.25, 0.3) is 0 Å². The summed E-state index contributed by atoms with van der Waals surface area (Å²) < 4.78 is 5.78. The van der Waals surface area contributed by atoms with Crippen LogP contribution in [0.1, 0.15) is 71.6 Å². The van der Waals surface area contributed by atoms with Crippen molar-refractivity contribution in [3.63, 3.8) is 0 Å². The van der Waals surface area contributed by atoms with Gasteiger partial charge in [-0.05, 0) is 104 Å². The SMILES string of the molecule is CCCCOc1ccc(-c2ccc(/C=C(\C)C=CC3=C(C)CCCC3(C)C)s2)cc1. The van der Waals surface area contributed by atoms with Crippen LogP contribution in [0.25, 0.3) is 16.5 Å². The Labute approximate surface area is 187 Å². The number of hydrogen-bond acceptors (Lipinski definition) is 2. The molecule has 1 nitrogen and oxygen atoms in total. The van der Waals surface area contributed by atoms with Gasteiger partial charge in [0.1, 0.15) is 5.75 Å². The second-order valence-electron chi connectivity index (χ2n) is 9.08. The summed E-state index contributed by atoms with van der Waals surface area (Å²) in [5, 5.41) is 0. The van der Waals surface area contributed by atoms with Crippen LogP contribution in [-0.2, 0) is 0 Å². The lowest BCUT2D eigenvalue weighted by Gasteiger charge is -2.32. The number of rotatable bonds is 8. The van der Waals surface area contributed by atoms with Gasteiger partial charge in [-0.25, -0.2) is 0 Å². The fraction of sp³-hybridized carbons (Fsp3) is 0.429. The first-order valence-corrected chi connectivity index (χ1v) is 12.1. The molecule has 0 N–H and O–H groups in total. The number of ether oxygens (including phenoxy) is 1. The van der Waals surface area contributed by atoms with Crippen molar-refractivity contribution < 1.29 is 4.74 Å². The number of benzene rings is 1. The van der Waals surface area contributed by atoms with Crippen LogP contribution >= 0.6 is 11.3 Å². The summed E-state index contributed by atoms with van der Waals surface area (Å²) in [5.41, 5.74) is 5.91. The van der Waals surface area contributed by atoms with Crippen molar-refractivity contribution in [3.05, 3.63) is 70.1 Å². The van der Waals surface area contributed by atoms with Crippen molar-refractivity contribution in [3.8, 4) is 16.2 Å². The van der Waals surface area contributed by atoms with E-state index >= 15 is 0 Å². The normalized spacial score (nSPS) is 17.0. The van der Waals surface area contributed by atoms with Gasteiger partial charge in [0.05, 0.1) is 6.61 Å². The van der Waals surface area contributed by atoms with Gasteiger partial charge in [-0.1, -0.05) is 44.9 Å². The average Bonchev–Trinajstić information content (AvgIpc) is 3.16. The highest BCUT2D eigenvalue weighted by molar-refractivity contribution is 7.16. The zero-order valence-corrected chi connectivity index (χ0v) is 20.1. The third-order valence-electron chi connectivity index (χ3n) is 5.96. The summed E-state index contributed by atoms with van der Waals surface area (Å²) in [7, 11) is 0. The molecule has 0 atom stereocenters. The maximum absolute atomic E-state index is 5.78. The molecule has 30 heavy (non-hydrogen) atoms. The largest absolute Gasteiger partial charge is 0.494 e. The Morgan fingerprint density at radius 1 is 1.13 bits per heavy atom. The van der Waals surface area contributed by atoms with Crippen molar-refractivity contribution in [1.82, 2.24) is 0 Å². The molecule has 0 amide bonds. The standard InChI is InChI=1S/C28H36OS/c1-6-7-19-29-24-13-11-23(12-14-24)27-17-15-25(30-27)20-21(2)10-16-26-22(3)9-8-18-28(26,4)5/h10-17,20H,6-9,18-19H2,1-5H3/b16-10?,21-20+. The van der Waals surface area contributed by atoms with Crippen molar-refractivity contribution in [2.45, 2.75) is 66.7 Å². The third kappa shape index (κ3) is 5.98. The highest BCUT2D eigenvalue weighted by atomic mass is 32.1. The molecular formula is C28H36OS. The summed E-state index contributed by atoms with van der Waals surface area (Å²) in [5.74, 6) is 0.958. The number of unbranched alkanes of at least 4 members (excludes halogenated alkanes) is 1. The predicted octanol–water partition coefficient (Wildman–Crippen LogP) is 9.08. The van der Waals surface area contributed by atoms with Crippen LogP contribution in [-0.4, -0.2) is 6.61 Å². The highest BCUT2D eigenvalue weighted by Crippen LogP contribution is 2.41. The lowest BCUT2D eigenvalue weighted by atomic mass is 9.72. The van der Waals surface area contributed by atoms with Gasteiger partial charge in [0.15, 0.2) is 0 Å². The molecule has 1 heterocycles. The minimum absolute atomic E-state index is 0.293. The average molecular weight is 421 g/mol. The molecule has 0 unspecified atom stereocenters. The minimum atomic E-state index is 0.293. The smallest absolute Gasteiger partial charge is 0.119 e. The molecule has 1 aromatic heterocycles. The topological polar surface area (TPSA) is 9.23 Å². The van der Waals surface area contributed by atoms with Gasteiger partial charge in [0, 0.05) is 9.75 Å². The van der Waals surface area contributed by atoms with Gasteiger partial charge < -0.3 is 4.74 Å². The fourth-order valence-corrected chi connectivity index (χ4v) is 5.16. The second kappa shape index (κ2) is 10.3. The quantitative estimate of drug-likeness (QED) is 0.305. The van der Waals surface area contributed by atoms with Gasteiger partial charge >= 0.3 is 0 Å². The molecule has 0 fully saturated rings. The molecule has 0 spiro atoms. The summed E-state index contributed by atoms with van der Waals surface area (Å²) >= 11 is 1.84. The molecule has 1 aliphatic carbocycles. The zero-order chi connectivity index (χ0) is 21.6. The first-order chi connectivity index (χ1) is 14.4. The Balaban J connectivity index is 1.68. The monoisotopic (exact) mass is 420 g/mol. The van der Waals surface area contributed by atoms with Crippen molar-refractivity contribution >= 4 is 17.4 Å². The van der Waals surface area contributed by atoms with E-state index in [1.807, 2.05) is 11.3 Å². The Kier molecular flexibility index (Phi) is 7.77. The van der Waals surface area contributed by atoms with Crippen LogP contribution < -0.4 is 4.74 Å². The van der Waals surface area contributed by atoms with E-state index in [1.54, 1.807) is 5.57 Å². The van der Waals surface area contributed by atoms with Crippen molar-refractivity contribution in [2.24, 2.45) is 5.41 Å². The highest BCUT2D eigenvalue weighted by Gasteiger charge is 2.26. The van der Waals surface area contributed by atoms with Crippen LogP contribution in [0.15, 0.2) is 65.3 Å². The van der Waals surface area contributed by atoms with E-state index < -0.39 is 0 Å². The summed E-state index contributed by atoms with van der Waals surface area (Å²) in [6.07, 6.45) is 13.0. The summed E-state index contributed by atoms with van der Waals surface area (Å²) in [6, 6.07) is 12.9. The number of allylic oxidation sites excluding steroid dienone is 5. The molecule has 0 aliphatic heterocycles. The summed E-state index contributed by atoms with van der Waals surface area (Å²) in [6.45, 7) is 12.2. The predicted molar refractivity (Wildman–Crippen MR) is 133 cm³/mol. The molecule has 0 saturated heterocycles. The van der Waals surface area contributed by atoms with Crippen molar-refractivity contribution in [1.29, 1.82) is 0 Å². The van der Waals surface area contributed by atoms with Crippen LogP contribution in [0.3, 0.4) is 0 Å². The van der Waals surface area contributed by atoms with Gasteiger partial charge in [-0.3, -0.25) is 0 Å². The lowest BCUT2D eigenvalue weighted by Crippen LogP contribution is -2.19. The van der Waals surface area contributed by atoms with Crippen LogP contribution in [0, 0.1) is 5.41 Å². The Bertz CT molecular complexity index is 922. The molecule has 0 radical (unpaired) electrons. The molecule has 2 aromatic rings. The Morgan fingerprint density at radius 2 is 1.90 bits per heavy atom. The van der Waals surface area contributed by atoms with Gasteiger partial charge in [-0.2, -0.15) is 0 Å². The van der Waals surface area contributed by atoms with E-state index in [4.69, 9.17) is 4.74 Å². The first kappa shape index (κ1) is 22.6.